The molecule has 15 heavy (non-hydrogen) atoms. The highest BCUT2D eigenvalue weighted by molar-refractivity contribution is 5.74. The molecular formula is C12H22N2O. The third kappa shape index (κ3) is 2.03. The summed E-state index contributed by atoms with van der Waals surface area (Å²) in [6, 6.07) is 0.454. The molecule has 1 saturated heterocycles. The van der Waals surface area contributed by atoms with E-state index in [2.05, 4.69) is 0 Å². The molecule has 2 N–H and O–H groups in total. The van der Waals surface area contributed by atoms with Crippen LogP contribution in [0.5, 0.6) is 0 Å². The van der Waals surface area contributed by atoms with Crippen LogP contribution >= 0.6 is 0 Å². The van der Waals surface area contributed by atoms with Crippen LogP contribution < -0.4 is 5.73 Å². The number of hydrogen-bond donors (Lipinski definition) is 1. The van der Waals surface area contributed by atoms with E-state index in [1.54, 1.807) is 6.92 Å². The zero-order chi connectivity index (χ0) is 10.8. The summed E-state index contributed by atoms with van der Waals surface area (Å²) in [4.78, 5) is 13.4. The Hall–Kier alpha value is -0.570. The zero-order valence-electron chi connectivity index (χ0n) is 9.61. The van der Waals surface area contributed by atoms with E-state index >= 15 is 0 Å². The number of amides is 1. The van der Waals surface area contributed by atoms with Gasteiger partial charge in [-0.05, 0) is 24.8 Å². The van der Waals surface area contributed by atoms with Crippen LogP contribution in [0.15, 0.2) is 0 Å². The van der Waals surface area contributed by atoms with Crippen molar-refractivity contribution < 1.29 is 4.79 Å². The van der Waals surface area contributed by atoms with Gasteiger partial charge < -0.3 is 10.6 Å². The van der Waals surface area contributed by atoms with Crippen molar-refractivity contribution >= 4 is 5.91 Å². The van der Waals surface area contributed by atoms with E-state index in [9.17, 15) is 4.79 Å². The maximum absolute atomic E-state index is 11.4. The van der Waals surface area contributed by atoms with Crippen molar-refractivity contribution in [2.24, 2.45) is 17.6 Å². The first-order valence-electron chi connectivity index (χ1n) is 6.21. The Bertz CT molecular complexity index is 236. The lowest BCUT2D eigenvalue weighted by Gasteiger charge is -2.46. The van der Waals surface area contributed by atoms with Crippen LogP contribution in [0.2, 0.25) is 0 Å². The minimum atomic E-state index is 0.225. The smallest absolute Gasteiger partial charge is 0.219 e. The maximum Gasteiger partial charge on any atom is 0.219 e. The number of nitrogens with two attached hydrogens (primary N) is 1. The number of hydrogen-bond acceptors (Lipinski definition) is 2. The van der Waals surface area contributed by atoms with Crippen molar-refractivity contribution in [3.63, 3.8) is 0 Å². The molecule has 1 saturated carbocycles. The summed E-state index contributed by atoms with van der Waals surface area (Å²) in [5, 5.41) is 0. The normalized spacial score (nSPS) is 28.9. The Kier molecular flexibility index (Phi) is 3.29. The highest BCUT2D eigenvalue weighted by Gasteiger charge is 2.39. The molecule has 3 nitrogen and oxygen atoms in total. The summed E-state index contributed by atoms with van der Waals surface area (Å²) in [6.07, 6.45) is 6.52. The van der Waals surface area contributed by atoms with E-state index in [0.717, 1.165) is 25.4 Å². The highest BCUT2D eigenvalue weighted by atomic mass is 16.2. The number of likely N-dealkylation sites (tertiary alicyclic amines) is 1. The molecule has 1 heterocycles. The van der Waals surface area contributed by atoms with Crippen molar-refractivity contribution in [2.75, 3.05) is 13.1 Å². The van der Waals surface area contributed by atoms with E-state index in [-0.39, 0.29) is 5.91 Å². The summed E-state index contributed by atoms with van der Waals surface area (Å²) in [6.45, 7) is 3.37. The molecule has 2 rings (SSSR count). The van der Waals surface area contributed by atoms with Crippen LogP contribution in [0.1, 0.15) is 39.0 Å². The average Bonchev–Trinajstić information content (AvgIpc) is 2.63. The molecule has 1 aliphatic heterocycles. The van der Waals surface area contributed by atoms with E-state index in [0.29, 0.717) is 12.0 Å². The molecular weight excluding hydrogens is 188 g/mol. The van der Waals surface area contributed by atoms with E-state index in [1.165, 1.54) is 25.7 Å². The Labute approximate surface area is 92.0 Å². The van der Waals surface area contributed by atoms with Gasteiger partial charge in [-0.1, -0.05) is 25.7 Å². The molecule has 1 aliphatic carbocycles. The maximum atomic E-state index is 11.4. The van der Waals surface area contributed by atoms with Crippen LogP contribution in [0, 0.1) is 11.8 Å². The van der Waals surface area contributed by atoms with Gasteiger partial charge in [0.2, 0.25) is 5.91 Å². The first kappa shape index (κ1) is 10.9. The first-order valence-corrected chi connectivity index (χ1v) is 6.21. The Morgan fingerprint density at radius 3 is 2.47 bits per heavy atom. The third-order valence-corrected chi connectivity index (χ3v) is 4.24. The fourth-order valence-corrected chi connectivity index (χ4v) is 3.29. The second-order valence-corrected chi connectivity index (χ2v) is 5.01. The van der Waals surface area contributed by atoms with E-state index in [4.69, 9.17) is 5.73 Å². The summed E-state index contributed by atoms with van der Waals surface area (Å²) in [7, 11) is 0. The van der Waals surface area contributed by atoms with Crippen molar-refractivity contribution in [3.8, 4) is 0 Å². The van der Waals surface area contributed by atoms with Gasteiger partial charge >= 0.3 is 0 Å². The van der Waals surface area contributed by atoms with Gasteiger partial charge in [0, 0.05) is 19.5 Å². The van der Waals surface area contributed by atoms with Crippen molar-refractivity contribution in [1.82, 2.24) is 4.90 Å². The van der Waals surface area contributed by atoms with Crippen LogP contribution in [0.4, 0.5) is 0 Å². The largest absolute Gasteiger partial charge is 0.339 e. The van der Waals surface area contributed by atoms with Gasteiger partial charge in [-0.15, -0.1) is 0 Å². The first-order chi connectivity index (χ1) is 7.24. The van der Waals surface area contributed by atoms with Gasteiger partial charge in [0.15, 0.2) is 0 Å². The van der Waals surface area contributed by atoms with Gasteiger partial charge in [0.05, 0.1) is 0 Å². The van der Waals surface area contributed by atoms with Crippen LogP contribution in [-0.2, 0) is 4.79 Å². The van der Waals surface area contributed by atoms with Gasteiger partial charge in [0.25, 0.3) is 0 Å². The second-order valence-electron chi connectivity index (χ2n) is 5.01. The quantitative estimate of drug-likeness (QED) is 0.764. The molecule has 2 aliphatic rings. The van der Waals surface area contributed by atoms with Gasteiger partial charge in [-0.3, -0.25) is 4.79 Å². The standard InChI is InChI=1S/C12H22N2O/c1-9(15)14-7-6-12(14)11(8-13)10-4-2-3-5-10/h10-12H,2-8,13H2,1H3. The zero-order valence-corrected chi connectivity index (χ0v) is 9.61. The predicted octanol–water partition coefficient (Wildman–Crippen LogP) is 1.37. The SMILES string of the molecule is CC(=O)N1CCC1C(CN)C1CCCC1. The molecule has 86 valence electrons. The monoisotopic (exact) mass is 210 g/mol. The summed E-state index contributed by atoms with van der Waals surface area (Å²) in [5.41, 5.74) is 5.89. The number of nitrogens with zero attached hydrogens (tertiary/aromatic N) is 1. The predicted molar refractivity (Wildman–Crippen MR) is 60.3 cm³/mol. The van der Waals surface area contributed by atoms with Crippen LogP contribution in [0.25, 0.3) is 0 Å². The minimum Gasteiger partial charge on any atom is -0.339 e. The molecule has 0 aromatic rings. The molecule has 2 fully saturated rings. The average molecular weight is 210 g/mol. The lowest BCUT2D eigenvalue weighted by molar-refractivity contribution is -0.139. The number of rotatable bonds is 3. The van der Waals surface area contributed by atoms with Crippen molar-refractivity contribution in [3.05, 3.63) is 0 Å². The summed E-state index contributed by atoms with van der Waals surface area (Å²) >= 11 is 0. The Morgan fingerprint density at radius 1 is 1.40 bits per heavy atom. The molecule has 0 radical (unpaired) electrons. The van der Waals surface area contributed by atoms with E-state index < -0.39 is 0 Å². The fourth-order valence-electron chi connectivity index (χ4n) is 3.29. The van der Waals surface area contributed by atoms with Crippen LogP contribution in [0.3, 0.4) is 0 Å². The molecule has 3 heteroatoms. The second kappa shape index (κ2) is 4.52. The Balaban J connectivity index is 1.97. The molecule has 0 aromatic heterocycles. The molecule has 2 unspecified atom stereocenters. The molecule has 0 spiro atoms. The van der Waals surface area contributed by atoms with Crippen molar-refractivity contribution in [1.29, 1.82) is 0 Å². The third-order valence-electron chi connectivity index (χ3n) is 4.24. The van der Waals surface area contributed by atoms with Crippen molar-refractivity contribution in [2.45, 2.75) is 45.1 Å². The van der Waals surface area contributed by atoms with Crippen LogP contribution in [-0.4, -0.2) is 29.9 Å². The molecule has 1 amide bonds. The lowest BCUT2D eigenvalue weighted by Crippen LogP contribution is -2.56. The molecule has 0 bridgehead atoms. The Morgan fingerprint density at radius 2 is 2.07 bits per heavy atom. The highest BCUT2D eigenvalue weighted by Crippen LogP contribution is 2.37. The number of carbonyl (C=O) groups is 1. The number of carbonyl (C=O) groups excluding carboxylic acids is 1. The fraction of sp³-hybridized carbons (Fsp3) is 0.917. The summed E-state index contributed by atoms with van der Waals surface area (Å²) in [5.74, 6) is 1.56. The molecule has 0 aromatic carbocycles. The summed E-state index contributed by atoms with van der Waals surface area (Å²) < 4.78 is 0. The lowest BCUT2D eigenvalue weighted by atomic mass is 9.79. The van der Waals surface area contributed by atoms with Gasteiger partial charge in [-0.25, -0.2) is 0 Å². The van der Waals surface area contributed by atoms with E-state index in [1.807, 2.05) is 4.90 Å². The molecule has 2 atom stereocenters. The minimum absolute atomic E-state index is 0.225. The van der Waals surface area contributed by atoms with Gasteiger partial charge in [0.1, 0.15) is 0 Å². The van der Waals surface area contributed by atoms with Gasteiger partial charge in [-0.2, -0.15) is 0 Å². The topological polar surface area (TPSA) is 46.3 Å².